The second-order valence-electron chi connectivity index (χ2n) is 6.02. The van der Waals surface area contributed by atoms with Gasteiger partial charge in [-0.25, -0.2) is 8.42 Å². The highest BCUT2D eigenvalue weighted by molar-refractivity contribution is 7.91. The molecule has 1 aromatic rings. The molecule has 1 aromatic carbocycles. The van der Waals surface area contributed by atoms with Crippen LogP contribution in [0.1, 0.15) is 29.6 Å². The summed E-state index contributed by atoms with van der Waals surface area (Å²) >= 11 is 0. The van der Waals surface area contributed by atoms with Gasteiger partial charge in [0.25, 0.3) is 5.91 Å². The van der Waals surface area contributed by atoms with Gasteiger partial charge in [-0.05, 0) is 31.4 Å². The Bertz CT molecular complexity index is 667. The SMILES string of the molecule is O=C(N[C@@H]1CCS(=O)(=O)C1)c1ccccc1OC[C@H]1CCCO1. The van der Waals surface area contributed by atoms with Crippen molar-refractivity contribution >= 4 is 15.7 Å². The van der Waals surface area contributed by atoms with Crippen LogP contribution in [0.4, 0.5) is 0 Å². The Kier molecular flexibility index (Phi) is 4.87. The Morgan fingerprint density at radius 2 is 2.13 bits per heavy atom. The third-order valence-corrected chi connectivity index (χ3v) is 5.92. The van der Waals surface area contributed by atoms with Gasteiger partial charge in [0.15, 0.2) is 9.84 Å². The third kappa shape index (κ3) is 4.23. The van der Waals surface area contributed by atoms with Crippen molar-refractivity contribution in [2.24, 2.45) is 0 Å². The Hall–Kier alpha value is -1.60. The fourth-order valence-electron chi connectivity index (χ4n) is 2.91. The van der Waals surface area contributed by atoms with Crippen LogP contribution in [0, 0.1) is 0 Å². The normalized spacial score (nSPS) is 26.1. The molecule has 23 heavy (non-hydrogen) atoms. The first-order valence-corrected chi connectivity index (χ1v) is 9.70. The second kappa shape index (κ2) is 6.88. The Labute approximate surface area is 136 Å². The summed E-state index contributed by atoms with van der Waals surface area (Å²) in [6, 6.07) is 6.68. The first-order chi connectivity index (χ1) is 11.0. The lowest BCUT2D eigenvalue weighted by Gasteiger charge is -2.16. The molecule has 0 bridgehead atoms. The van der Waals surface area contributed by atoms with Crippen molar-refractivity contribution in [3.05, 3.63) is 29.8 Å². The van der Waals surface area contributed by atoms with E-state index >= 15 is 0 Å². The zero-order chi connectivity index (χ0) is 16.3. The molecule has 2 aliphatic heterocycles. The maximum atomic E-state index is 12.4. The van der Waals surface area contributed by atoms with E-state index in [1.54, 1.807) is 18.2 Å². The van der Waals surface area contributed by atoms with Gasteiger partial charge in [-0.1, -0.05) is 12.1 Å². The van der Waals surface area contributed by atoms with Crippen molar-refractivity contribution in [2.45, 2.75) is 31.4 Å². The monoisotopic (exact) mass is 339 g/mol. The lowest BCUT2D eigenvalue weighted by atomic mass is 10.1. The van der Waals surface area contributed by atoms with Crippen LogP contribution in [-0.4, -0.2) is 51.2 Å². The number of carbonyl (C=O) groups is 1. The molecule has 0 radical (unpaired) electrons. The first-order valence-electron chi connectivity index (χ1n) is 7.88. The highest BCUT2D eigenvalue weighted by Gasteiger charge is 2.29. The molecule has 2 fully saturated rings. The zero-order valence-corrected chi connectivity index (χ0v) is 13.7. The number of benzene rings is 1. The quantitative estimate of drug-likeness (QED) is 0.871. The van der Waals surface area contributed by atoms with E-state index in [2.05, 4.69) is 5.32 Å². The smallest absolute Gasteiger partial charge is 0.255 e. The van der Waals surface area contributed by atoms with E-state index < -0.39 is 9.84 Å². The van der Waals surface area contributed by atoms with Crippen LogP contribution in [0.5, 0.6) is 5.75 Å². The fraction of sp³-hybridized carbons (Fsp3) is 0.562. The van der Waals surface area contributed by atoms with Crippen LogP contribution in [0.3, 0.4) is 0 Å². The molecule has 0 saturated carbocycles. The molecule has 3 rings (SSSR count). The number of rotatable bonds is 5. The highest BCUT2D eigenvalue weighted by atomic mass is 32.2. The number of ether oxygens (including phenoxy) is 2. The molecule has 0 aromatic heterocycles. The minimum Gasteiger partial charge on any atom is -0.490 e. The number of amides is 1. The Balaban J connectivity index is 1.63. The third-order valence-electron chi connectivity index (χ3n) is 4.15. The summed E-state index contributed by atoms with van der Waals surface area (Å²) in [6.45, 7) is 1.18. The van der Waals surface area contributed by atoms with E-state index in [1.165, 1.54) is 0 Å². The predicted octanol–water partition coefficient (Wildman–Crippen LogP) is 1.16. The van der Waals surface area contributed by atoms with Crippen molar-refractivity contribution < 1.29 is 22.7 Å². The molecule has 0 unspecified atom stereocenters. The molecule has 1 N–H and O–H groups in total. The summed E-state index contributed by atoms with van der Waals surface area (Å²) < 4.78 is 34.2. The van der Waals surface area contributed by atoms with Crippen molar-refractivity contribution in [1.82, 2.24) is 5.32 Å². The van der Waals surface area contributed by atoms with Crippen molar-refractivity contribution in [1.29, 1.82) is 0 Å². The van der Waals surface area contributed by atoms with Gasteiger partial charge in [-0.3, -0.25) is 4.79 Å². The van der Waals surface area contributed by atoms with Crippen LogP contribution in [0.25, 0.3) is 0 Å². The minimum atomic E-state index is -3.02. The molecule has 2 atom stereocenters. The molecule has 2 heterocycles. The van der Waals surface area contributed by atoms with Gasteiger partial charge in [-0.15, -0.1) is 0 Å². The maximum Gasteiger partial charge on any atom is 0.255 e. The standard InChI is InChI=1S/C16H21NO5S/c18-16(17-12-7-9-23(19,20)11-12)14-5-1-2-6-15(14)22-10-13-4-3-8-21-13/h1-2,5-6,12-13H,3-4,7-11H2,(H,17,18)/t12-,13-/m1/s1. The van der Waals surface area contributed by atoms with Gasteiger partial charge in [0.1, 0.15) is 12.4 Å². The van der Waals surface area contributed by atoms with Crippen LogP contribution < -0.4 is 10.1 Å². The lowest BCUT2D eigenvalue weighted by Crippen LogP contribution is -2.35. The Morgan fingerprint density at radius 3 is 2.83 bits per heavy atom. The van der Waals surface area contributed by atoms with E-state index in [-0.39, 0.29) is 29.6 Å². The van der Waals surface area contributed by atoms with Crippen LogP contribution in [-0.2, 0) is 14.6 Å². The van der Waals surface area contributed by atoms with Gasteiger partial charge in [0.2, 0.25) is 0 Å². The number of para-hydroxylation sites is 1. The largest absolute Gasteiger partial charge is 0.490 e. The van der Waals surface area contributed by atoms with E-state index in [0.29, 0.717) is 24.3 Å². The second-order valence-corrected chi connectivity index (χ2v) is 8.24. The average Bonchev–Trinajstić information content (AvgIpc) is 3.15. The van der Waals surface area contributed by atoms with Crippen LogP contribution in [0.2, 0.25) is 0 Å². The number of nitrogens with one attached hydrogen (secondary N) is 1. The average molecular weight is 339 g/mol. The van der Waals surface area contributed by atoms with Crippen molar-refractivity contribution in [3.63, 3.8) is 0 Å². The topological polar surface area (TPSA) is 81.7 Å². The molecule has 126 valence electrons. The zero-order valence-electron chi connectivity index (χ0n) is 12.9. The predicted molar refractivity (Wildman–Crippen MR) is 85.4 cm³/mol. The number of sulfone groups is 1. The number of hydrogen-bond donors (Lipinski definition) is 1. The molecule has 6 nitrogen and oxygen atoms in total. The molecule has 0 aliphatic carbocycles. The van der Waals surface area contributed by atoms with E-state index in [1.807, 2.05) is 6.07 Å². The highest BCUT2D eigenvalue weighted by Crippen LogP contribution is 2.21. The summed E-state index contributed by atoms with van der Waals surface area (Å²) in [4.78, 5) is 12.4. The van der Waals surface area contributed by atoms with Crippen LogP contribution in [0.15, 0.2) is 24.3 Å². The molecule has 2 saturated heterocycles. The molecule has 2 aliphatic rings. The van der Waals surface area contributed by atoms with Gasteiger partial charge in [0.05, 0.1) is 23.2 Å². The Morgan fingerprint density at radius 1 is 1.30 bits per heavy atom. The summed E-state index contributed by atoms with van der Waals surface area (Å²) in [5, 5.41) is 2.79. The summed E-state index contributed by atoms with van der Waals surface area (Å²) in [7, 11) is -3.02. The van der Waals surface area contributed by atoms with Gasteiger partial charge >= 0.3 is 0 Å². The van der Waals surface area contributed by atoms with Crippen LogP contribution >= 0.6 is 0 Å². The molecule has 1 amide bonds. The van der Waals surface area contributed by atoms with Crippen molar-refractivity contribution in [2.75, 3.05) is 24.7 Å². The fourth-order valence-corrected chi connectivity index (χ4v) is 4.58. The number of hydrogen-bond acceptors (Lipinski definition) is 5. The summed E-state index contributed by atoms with van der Waals surface area (Å²) in [5.74, 6) is 0.351. The van der Waals surface area contributed by atoms with E-state index in [4.69, 9.17) is 9.47 Å². The van der Waals surface area contributed by atoms with E-state index in [9.17, 15) is 13.2 Å². The summed E-state index contributed by atoms with van der Waals surface area (Å²) in [6.07, 6.45) is 2.54. The summed E-state index contributed by atoms with van der Waals surface area (Å²) in [5.41, 5.74) is 0.426. The molecular formula is C16H21NO5S. The van der Waals surface area contributed by atoms with Gasteiger partial charge in [0, 0.05) is 12.6 Å². The molecule has 0 spiro atoms. The first kappa shape index (κ1) is 16.3. The molecular weight excluding hydrogens is 318 g/mol. The lowest BCUT2D eigenvalue weighted by molar-refractivity contribution is 0.0670. The van der Waals surface area contributed by atoms with Gasteiger partial charge < -0.3 is 14.8 Å². The number of carbonyl (C=O) groups excluding carboxylic acids is 1. The van der Waals surface area contributed by atoms with Gasteiger partial charge in [-0.2, -0.15) is 0 Å². The van der Waals surface area contributed by atoms with Crippen molar-refractivity contribution in [3.8, 4) is 5.75 Å². The maximum absolute atomic E-state index is 12.4. The molecule has 7 heteroatoms. The minimum absolute atomic E-state index is 0.0116. The van der Waals surface area contributed by atoms with E-state index in [0.717, 1.165) is 19.4 Å².